The first-order valence-electron chi connectivity index (χ1n) is 3.26. The van der Waals surface area contributed by atoms with Gasteiger partial charge in [-0.1, -0.05) is 0 Å². The average molecular weight is 140 g/mol. The molecule has 0 aliphatic rings. The van der Waals surface area contributed by atoms with Crippen molar-refractivity contribution in [3.05, 3.63) is 23.7 Å². The maximum Gasteiger partial charge on any atom is 0.105 e. The van der Waals surface area contributed by atoms with Gasteiger partial charge in [0.2, 0.25) is 0 Å². The summed E-state index contributed by atoms with van der Waals surface area (Å²) in [7, 11) is 0. The largest absolute Gasteiger partial charge is 0.469 e. The molecule has 56 valence electrons. The van der Waals surface area contributed by atoms with Crippen LogP contribution >= 0.6 is 0 Å². The number of furan rings is 1. The molecule has 0 saturated heterocycles. The highest BCUT2D eigenvalue weighted by Gasteiger charge is 2.07. The van der Waals surface area contributed by atoms with Crippen molar-refractivity contribution in [2.45, 2.75) is 19.9 Å². The molecule has 0 saturated carbocycles. The van der Waals surface area contributed by atoms with Crippen LogP contribution in [0.5, 0.6) is 0 Å². The maximum atomic E-state index is 5.24. The summed E-state index contributed by atoms with van der Waals surface area (Å²) < 4.78 is 5.09. The van der Waals surface area contributed by atoms with Crippen LogP contribution in [0.4, 0.5) is 0 Å². The molecule has 1 rings (SSSR count). The van der Waals surface area contributed by atoms with Crippen molar-refractivity contribution < 1.29 is 4.42 Å². The summed E-state index contributed by atoms with van der Waals surface area (Å²) in [5.41, 5.74) is 3.76. The molecule has 0 radical (unpaired) electrons. The number of hydrogen-bond donors (Lipinski definition) is 2. The number of aryl methyl sites for hydroxylation is 1. The normalized spacial score (nSPS) is 13.5. The lowest BCUT2D eigenvalue weighted by Gasteiger charge is -2.06. The molecule has 0 amide bonds. The van der Waals surface area contributed by atoms with Crippen molar-refractivity contribution in [3.63, 3.8) is 0 Å². The minimum absolute atomic E-state index is 0.166. The Morgan fingerprint density at radius 1 is 1.70 bits per heavy atom. The fraction of sp³-hybridized carbons (Fsp3) is 0.429. The van der Waals surface area contributed by atoms with E-state index in [4.69, 9.17) is 10.3 Å². The molecule has 0 bridgehead atoms. The first-order chi connectivity index (χ1) is 4.75. The van der Waals surface area contributed by atoms with Crippen LogP contribution in [0.15, 0.2) is 16.7 Å². The third kappa shape index (κ3) is 1.20. The minimum atomic E-state index is 0.166. The van der Waals surface area contributed by atoms with Gasteiger partial charge in [-0.2, -0.15) is 0 Å². The average Bonchev–Trinajstić information content (AvgIpc) is 2.34. The van der Waals surface area contributed by atoms with Crippen LogP contribution in [0.2, 0.25) is 0 Å². The van der Waals surface area contributed by atoms with E-state index in [1.165, 1.54) is 0 Å². The summed E-state index contributed by atoms with van der Waals surface area (Å²) in [6, 6.07) is 2.08. The van der Waals surface area contributed by atoms with Gasteiger partial charge in [0.15, 0.2) is 0 Å². The summed E-state index contributed by atoms with van der Waals surface area (Å²) in [6.07, 6.45) is 1.67. The van der Waals surface area contributed by atoms with E-state index in [9.17, 15) is 0 Å². The Balaban J connectivity index is 2.82. The Morgan fingerprint density at radius 2 is 2.40 bits per heavy atom. The summed E-state index contributed by atoms with van der Waals surface area (Å²) in [5, 5.41) is 0. The molecule has 1 atom stereocenters. The first kappa shape index (κ1) is 7.31. The summed E-state index contributed by atoms with van der Waals surface area (Å²) >= 11 is 0. The number of hydrogen-bond acceptors (Lipinski definition) is 3. The highest BCUT2D eigenvalue weighted by Crippen LogP contribution is 2.16. The number of nitrogens with one attached hydrogen (secondary N) is 1. The summed E-state index contributed by atoms with van der Waals surface area (Å²) in [6.45, 7) is 3.90. The van der Waals surface area contributed by atoms with E-state index in [0.29, 0.717) is 0 Å². The Morgan fingerprint density at radius 3 is 2.80 bits per heavy atom. The van der Waals surface area contributed by atoms with E-state index in [1.54, 1.807) is 6.26 Å². The van der Waals surface area contributed by atoms with Gasteiger partial charge in [0.1, 0.15) is 5.76 Å². The Labute approximate surface area is 60.2 Å². The van der Waals surface area contributed by atoms with Gasteiger partial charge in [-0.05, 0) is 19.9 Å². The predicted octanol–water partition coefficient (Wildman–Crippen LogP) is 1.11. The Kier molecular flexibility index (Phi) is 2.09. The minimum Gasteiger partial charge on any atom is -0.469 e. The molecule has 0 aliphatic carbocycles. The second-order valence-corrected chi connectivity index (χ2v) is 2.32. The number of rotatable bonds is 2. The van der Waals surface area contributed by atoms with E-state index >= 15 is 0 Å². The lowest BCUT2D eigenvalue weighted by molar-refractivity contribution is 0.515. The molecule has 1 unspecified atom stereocenters. The molecule has 0 fully saturated rings. The maximum absolute atomic E-state index is 5.24. The van der Waals surface area contributed by atoms with Crippen molar-refractivity contribution in [2.24, 2.45) is 5.84 Å². The van der Waals surface area contributed by atoms with Crippen molar-refractivity contribution in [1.29, 1.82) is 0 Å². The van der Waals surface area contributed by atoms with E-state index in [-0.39, 0.29) is 6.04 Å². The third-order valence-electron chi connectivity index (χ3n) is 1.62. The van der Waals surface area contributed by atoms with E-state index in [0.717, 1.165) is 11.3 Å². The molecule has 1 aromatic rings. The molecule has 0 spiro atoms. The number of hydrazine groups is 1. The topological polar surface area (TPSA) is 51.2 Å². The molecule has 0 aliphatic heterocycles. The van der Waals surface area contributed by atoms with Gasteiger partial charge in [-0.25, -0.2) is 0 Å². The molecule has 3 heteroatoms. The van der Waals surface area contributed by atoms with Gasteiger partial charge in [-0.3, -0.25) is 11.3 Å². The third-order valence-corrected chi connectivity index (χ3v) is 1.62. The standard InChI is InChI=1S/C7H12N2O/c1-5(9-8)7-3-4-10-6(7)2/h3-5,9H,8H2,1-2H3. The summed E-state index contributed by atoms with van der Waals surface area (Å²) in [5.74, 6) is 6.16. The molecule has 1 heterocycles. The molecule has 10 heavy (non-hydrogen) atoms. The fourth-order valence-electron chi connectivity index (χ4n) is 0.934. The van der Waals surface area contributed by atoms with Crippen LogP contribution in [0.3, 0.4) is 0 Å². The van der Waals surface area contributed by atoms with E-state index in [1.807, 2.05) is 19.9 Å². The molecule has 3 nitrogen and oxygen atoms in total. The second-order valence-electron chi connectivity index (χ2n) is 2.32. The van der Waals surface area contributed by atoms with Crippen LogP contribution in [-0.2, 0) is 0 Å². The zero-order valence-electron chi connectivity index (χ0n) is 6.22. The van der Waals surface area contributed by atoms with Crippen LogP contribution in [-0.4, -0.2) is 0 Å². The van der Waals surface area contributed by atoms with Crippen LogP contribution < -0.4 is 11.3 Å². The Hall–Kier alpha value is -0.800. The summed E-state index contributed by atoms with van der Waals surface area (Å²) in [4.78, 5) is 0. The van der Waals surface area contributed by atoms with Crippen molar-refractivity contribution in [2.75, 3.05) is 0 Å². The highest BCUT2D eigenvalue weighted by atomic mass is 16.3. The van der Waals surface area contributed by atoms with E-state index in [2.05, 4.69) is 5.43 Å². The van der Waals surface area contributed by atoms with E-state index < -0.39 is 0 Å². The lowest BCUT2D eigenvalue weighted by atomic mass is 10.1. The predicted molar refractivity (Wildman–Crippen MR) is 39.2 cm³/mol. The van der Waals surface area contributed by atoms with Crippen molar-refractivity contribution in [1.82, 2.24) is 5.43 Å². The van der Waals surface area contributed by atoms with Gasteiger partial charge < -0.3 is 4.42 Å². The molecule has 1 aromatic heterocycles. The highest BCUT2D eigenvalue weighted by molar-refractivity contribution is 5.18. The molecular weight excluding hydrogens is 128 g/mol. The van der Waals surface area contributed by atoms with Gasteiger partial charge in [0, 0.05) is 11.6 Å². The molecular formula is C7H12N2O. The Bertz CT molecular complexity index is 207. The zero-order valence-corrected chi connectivity index (χ0v) is 6.22. The molecule has 0 aromatic carbocycles. The van der Waals surface area contributed by atoms with Crippen LogP contribution in [0.1, 0.15) is 24.3 Å². The monoisotopic (exact) mass is 140 g/mol. The van der Waals surface area contributed by atoms with Crippen molar-refractivity contribution in [3.8, 4) is 0 Å². The van der Waals surface area contributed by atoms with Crippen LogP contribution in [0, 0.1) is 6.92 Å². The smallest absolute Gasteiger partial charge is 0.105 e. The van der Waals surface area contributed by atoms with Crippen LogP contribution in [0.25, 0.3) is 0 Å². The fourth-order valence-corrected chi connectivity index (χ4v) is 0.934. The second kappa shape index (κ2) is 2.86. The first-order valence-corrected chi connectivity index (χ1v) is 3.26. The quantitative estimate of drug-likeness (QED) is 0.478. The van der Waals surface area contributed by atoms with Gasteiger partial charge >= 0.3 is 0 Å². The van der Waals surface area contributed by atoms with Crippen molar-refractivity contribution >= 4 is 0 Å². The molecule has 3 N–H and O–H groups in total. The zero-order chi connectivity index (χ0) is 7.56. The number of nitrogens with two attached hydrogens (primary N) is 1. The lowest BCUT2D eigenvalue weighted by Crippen LogP contribution is -2.25. The van der Waals surface area contributed by atoms with Gasteiger partial charge in [0.05, 0.1) is 6.26 Å². The SMILES string of the molecule is Cc1occc1C(C)NN. The van der Waals surface area contributed by atoms with Gasteiger partial charge in [0.25, 0.3) is 0 Å². The van der Waals surface area contributed by atoms with Gasteiger partial charge in [-0.15, -0.1) is 0 Å².